The van der Waals surface area contributed by atoms with Gasteiger partial charge in [-0.1, -0.05) is 0 Å². The Hall–Kier alpha value is -3.04. The van der Waals surface area contributed by atoms with Gasteiger partial charge in [0, 0.05) is 13.8 Å². The van der Waals surface area contributed by atoms with Gasteiger partial charge < -0.3 is 10.1 Å². The SMILES string of the molecule is CC(=O)Nc1c([N+](=O)[O-])cc(OC(C)=O)cc1[N+](=O)[O-]. The fraction of sp³-hybridized carbons (Fsp3) is 0.200. The van der Waals surface area contributed by atoms with Crippen LogP contribution in [0.1, 0.15) is 13.8 Å². The van der Waals surface area contributed by atoms with Crippen LogP contribution >= 0.6 is 0 Å². The monoisotopic (exact) mass is 283 g/mol. The van der Waals surface area contributed by atoms with E-state index < -0.39 is 38.8 Å². The Bertz CT molecular complexity index is 576. The number of carbonyl (C=O) groups is 2. The van der Waals surface area contributed by atoms with Gasteiger partial charge in [-0.2, -0.15) is 0 Å². The van der Waals surface area contributed by atoms with E-state index in [4.69, 9.17) is 0 Å². The molecule has 0 aliphatic heterocycles. The number of benzene rings is 1. The van der Waals surface area contributed by atoms with Crippen LogP contribution in [0.3, 0.4) is 0 Å². The second-order valence-corrected chi connectivity index (χ2v) is 3.63. The zero-order chi connectivity index (χ0) is 15.4. The van der Waals surface area contributed by atoms with Crippen LogP contribution in [0, 0.1) is 20.2 Å². The van der Waals surface area contributed by atoms with Gasteiger partial charge in [0.15, 0.2) is 5.69 Å². The average Bonchev–Trinajstić information content (AvgIpc) is 2.28. The molecule has 0 fully saturated rings. The summed E-state index contributed by atoms with van der Waals surface area (Å²) in [6.45, 7) is 2.09. The summed E-state index contributed by atoms with van der Waals surface area (Å²) in [5, 5.41) is 23.8. The van der Waals surface area contributed by atoms with Crippen molar-refractivity contribution in [2.45, 2.75) is 13.8 Å². The van der Waals surface area contributed by atoms with Gasteiger partial charge in [0.05, 0.1) is 22.0 Å². The lowest BCUT2D eigenvalue weighted by molar-refractivity contribution is -0.392. The van der Waals surface area contributed by atoms with Crippen LogP contribution < -0.4 is 10.1 Å². The Morgan fingerprint density at radius 1 is 1.10 bits per heavy atom. The number of nitro groups is 2. The maximum absolute atomic E-state index is 11.0. The third kappa shape index (κ3) is 3.48. The number of nitro benzene ring substituents is 2. The van der Waals surface area contributed by atoms with Crippen LogP contribution in [0.5, 0.6) is 5.75 Å². The molecule has 0 aromatic heterocycles. The molecule has 0 unspecified atom stereocenters. The molecule has 1 rings (SSSR count). The standard InChI is InChI=1S/C10H9N3O7/c1-5(14)11-10-8(12(16)17)3-7(20-6(2)15)4-9(10)13(18)19/h3-4H,1-2H3,(H,11,14). The maximum atomic E-state index is 11.0. The number of nitrogens with one attached hydrogen (secondary N) is 1. The summed E-state index contributed by atoms with van der Waals surface area (Å²) >= 11 is 0. The molecule has 10 heteroatoms. The molecule has 0 saturated heterocycles. The number of esters is 1. The van der Waals surface area contributed by atoms with Crippen molar-refractivity contribution in [1.29, 1.82) is 0 Å². The number of carbonyl (C=O) groups excluding carboxylic acids is 2. The van der Waals surface area contributed by atoms with E-state index in [0.717, 1.165) is 26.0 Å². The van der Waals surface area contributed by atoms with E-state index in [1.807, 2.05) is 5.32 Å². The second kappa shape index (κ2) is 5.73. The van der Waals surface area contributed by atoms with E-state index in [0.29, 0.717) is 0 Å². The zero-order valence-electron chi connectivity index (χ0n) is 10.4. The summed E-state index contributed by atoms with van der Waals surface area (Å²) in [4.78, 5) is 41.8. The quantitative estimate of drug-likeness (QED) is 0.380. The first-order valence-corrected chi connectivity index (χ1v) is 5.15. The zero-order valence-corrected chi connectivity index (χ0v) is 10.4. The van der Waals surface area contributed by atoms with Gasteiger partial charge in [-0.25, -0.2) is 0 Å². The Balaban J connectivity index is 3.53. The smallest absolute Gasteiger partial charge is 0.308 e. The lowest BCUT2D eigenvalue weighted by Crippen LogP contribution is -2.11. The normalized spacial score (nSPS) is 9.70. The lowest BCUT2D eigenvalue weighted by Gasteiger charge is -2.07. The van der Waals surface area contributed by atoms with Gasteiger partial charge in [-0.3, -0.25) is 29.8 Å². The molecule has 0 atom stereocenters. The third-order valence-corrected chi connectivity index (χ3v) is 2.03. The van der Waals surface area contributed by atoms with Crippen molar-refractivity contribution in [3.05, 3.63) is 32.4 Å². The number of rotatable bonds is 4. The first-order chi connectivity index (χ1) is 9.22. The summed E-state index contributed by atoms with van der Waals surface area (Å²) in [5.41, 5.74) is -2.06. The highest BCUT2D eigenvalue weighted by Gasteiger charge is 2.28. The van der Waals surface area contributed by atoms with Crippen molar-refractivity contribution in [2.24, 2.45) is 0 Å². The van der Waals surface area contributed by atoms with E-state index in [2.05, 4.69) is 4.74 Å². The molecule has 10 nitrogen and oxygen atoms in total. The first kappa shape index (κ1) is 15.0. The summed E-state index contributed by atoms with van der Waals surface area (Å²) < 4.78 is 4.60. The molecule has 0 radical (unpaired) electrons. The number of ether oxygens (including phenoxy) is 1. The molecular weight excluding hydrogens is 274 g/mol. The lowest BCUT2D eigenvalue weighted by atomic mass is 10.2. The van der Waals surface area contributed by atoms with E-state index in [1.54, 1.807) is 0 Å². The summed E-state index contributed by atoms with van der Waals surface area (Å²) in [6.07, 6.45) is 0. The fourth-order valence-electron chi connectivity index (χ4n) is 1.40. The van der Waals surface area contributed by atoms with Gasteiger partial charge in [-0.15, -0.1) is 0 Å². The first-order valence-electron chi connectivity index (χ1n) is 5.15. The Morgan fingerprint density at radius 3 is 1.85 bits per heavy atom. The van der Waals surface area contributed by atoms with Crippen LogP contribution in [0.2, 0.25) is 0 Å². The van der Waals surface area contributed by atoms with Gasteiger partial charge in [0.1, 0.15) is 5.75 Å². The molecule has 0 spiro atoms. The summed E-state index contributed by atoms with van der Waals surface area (Å²) in [7, 11) is 0. The molecular formula is C10H9N3O7. The molecule has 20 heavy (non-hydrogen) atoms. The highest BCUT2D eigenvalue weighted by atomic mass is 16.6. The van der Waals surface area contributed by atoms with Crippen molar-refractivity contribution < 1.29 is 24.2 Å². The van der Waals surface area contributed by atoms with Crippen LogP contribution in [0.25, 0.3) is 0 Å². The predicted molar refractivity (Wildman–Crippen MR) is 65.4 cm³/mol. The van der Waals surface area contributed by atoms with Crippen LogP contribution in [-0.2, 0) is 9.59 Å². The molecule has 0 saturated carbocycles. The molecule has 106 valence electrons. The molecule has 1 aromatic rings. The van der Waals surface area contributed by atoms with E-state index >= 15 is 0 Å². The minimum atomic E-state index is -0.925. The molecule has 1 amide bonds. The topological polar surface area (TPSA) is 142 Å². The number of nitrogens with zero attached hydrogens (tertiary/aromatic N) is 2. The number of amides is 1. The highest BCUT2D eigenvalue weighted by molar-refractivity contribution is 5.95. The minimum Gasteiger partial charge on any atom is -0.426 e. The Morgan fingerprint density at radius 2 is 1.55 bits per heavy atom. The van der Waals surface area contributed by atoms with Crippen molar-refractivity contribution in [2.75, 3.05) is 5.32 Å². The minimum absolute atomic E-state index is 0.356. The van der Waals surface area contributed by atoms with E-state index in [-0.39, 0.29) is 5.75 Å². The largest absolute Gasteiger partial charge is 0.426 e. The van der Waals surface area contributed by atoms with Gasteiger partial charge >= 0.3 is 17.3 Å². The third-order valence-electron chi connectivity index (χ3n) is 2.03. The van der Waals surface area contributed by atoms with E-state index in [1.165, 1.54) is 0 Å². The van der Waals surface area contributed by atoms with Crippen molar-refractivity contribution in [3.63, 3.8) is 0 Å². The van der Waals surface area contributed by atoms with Crippen LogP contribution in [0.15, 0.2) is 12.1 Å². The summed E-state index contributed by atoms with van der Waals surface area (Å²) in [6, 6.07) is 1.64. The molecule has 1 N–H and O–H groups in total. The Kier molecular flexibility index (Phi) is 4.31. The highest BCUT2D eigenvalue weighted by Crippen LogP contribution is 2.38. The van der Waals surface area contributed by atoms with Crippen LogP contribution in [0.4, 0.5) is 17.1 Å². The molecule has 0 aliphatic carbocycles. The second-order valence-electron chi connectivity index (χ2n) is 3.63. The van der Waals surface area contributed by atoms with Crippen molar-refractivity contribution in [3.8, 4) is 5.75 Å². The van der Waals surface area contributed by atoms with Crippen LogP contribution in [-0.4, -0.2) is 21.7 Å². The number of hydrogen-bond acceptors (Lipinski definition) is 7. The number of hydrogen-bond donors (Lipinski definition) is 1. The summed E-state index contributed by atoms with van der Waals surface area (Å²) in [5.74, 6) is -1.86. The maximum Gasteiger partial charge on any atom is 0.308 e. The van der Waals surface area contributed by atoms with E-state index in [9.17, 15) is 29.8 Å². The average molecular weight is 283 g/mol. The predicted octanol–water partition coefficient (Wildman–Crippen LogP) is 1.39. The van der Waals surface area contributed by atoms with Gasteiger partial charge in [-0.05, 0) is 0 Å². The Labute approximate surface area is 111 Å². The molecule has 0 aliphatic rings. The van der Waals surface area contributed by atoms with Crippen molar-refractivity contribution >= 4 is 28.9 Å². The fourth-order valence-corrected chi connectivity index (χ4v) is 1.40. The van der Waals surface area contributed by atoms with Gasteiger partial charge in [0.2, 0.25) is 5.91 Å². The number of anilines is 1. The molecule has 1 aromatic carbocycles. The van der Waals surface area contributed by atoms with Gasteiger partial charge in [0.25, 0.3) is 0 Å². The molecule has 0 bridgehead atoms. The van der Waals surface area contributed by atoms with Crippen molar-refractivity contribution in [1.82, 2.24) is 0 Å². The molecule has 0 heterocycles.